The molecule has 0 atom stereocenters. The van der Waals surface area contributed by atoms with Gasteiger partial charge in [-0.3, -0.25) is 4.79 Å². The number of hydrogen-bond acceptors (Lipinski definition) is 2. The Morgan fingerprint density at radius 3 is 1.59 bits per heavy atom. The molecule has 1 aliphatic carbocycles. The van der Waals surface area contributed by atoms with Gasteiger partial charge in [0.25, 0.3) is 0 Å². The summed E-state index contributed by atoms with van der Waals surface area (Å²) in [5.41, 5.74) is 11.7. The molecular formula is C35H25NO. The van der Waals surface area contributed by atoms with Crippen LogP contribution in [0.3, 0.4) is 0 Å². The fourth-order valence-electron chi connectivity index (χ4n) is 7.32. The molecule has 3 aliphatic rings. The highest BCUT2D eigenvalue weighted by molar-refractivity contribution is 6.15. The Hall–Kier alpha value is -4.43. The molecule has 0 saturated carbocycles. The summed E-state index contributed by atoms with van der Waals surface area (Å²) in [6, 6.07) is 40.8. The molecule has 5 aromatic rings. The molecule has 2 heteroatoms. The zero-order chi connectivity index (χ0) is 24.9. The van der Waals surface area contributed by atoms with E-state index in [1.54, 1.807) is 0 Å². The van der Waals surface area contributed by atoms with Crippen LogP contribution in [0.4, 0.5) is 17.1 Å². The van der Waals surface area contributed by atoms with Crippen molar-refractivity contribution in [2.45, 2.75) is 24.7 Å². The zero-order valence-corrected chi connectivity index (χ0v) is 20.8. The fraction of sp³-hybridized carbons (Fsp3) is 0.114. The summed E-state index contributed by atoms with van der Waals surface area (Å²) in [5, 5.41) is 0. The molecule has 5 aromatic carbocycles. The number of hydrogen-bond donors (Lipinski definition) is 0. The summed E-state index contributed by atoms with van der Waals surface area (Å²) < 4.78 is 0. The third-order valence-corrected chi connectivity index (χ3v) is 8.86. The molecule has 0 N–H and O–H groups in total. The molecule has 8 rings (SSSR count). The second-order valence-electron chi connectivity index (χ2n) is 10.9. The standard InChI is InChI=1S/C35H25NO/c1-34(2)26-16-7-9-20-30(26)36-31-21-10-8-17-27(31)35(29-19-11-18-28(34)32(29)36)24-14-5-3-12-22(24)33(37)23-13-4-6-15-25(23)35/h3-21H,1-2H3. The zero-order valence-electron chi connectivity index (χ0n) is 20.8. The molecule has 0 radical (unpaired) electrons. The van der Waals surface area contributed by atoms with Gasteiger partial charge < -0.3 is 4.90 Å². The SMILES string of the molecule is CC1(C)c2ccccc2N2c3ccccc3C3(c4ccccc4C(=O)c4ccccc43)c3cccc1c32. The smallest absolute Gasteiger partial charge is 0.193 e. The topological polar surface area (TPSA) is 20.3 Å². The molecule has 2 heterocycles. The van der Waals surface area contributed by atoms with E-state index in [9.17, 15) is 4.79 Å². The van der Waals surface area contributed by atoms with E-state index in [4.69, 9.17) is 0 Å². The first-order chi connectivity index (χ1) is 18.1. The van der Waals surface area contributed by atoms with Crippen LogP contribution in [-0.2, 0) is 10.8 Å². The van der Waals surface area contributed by atoms with Crippen molar-refractivity contribution in [2.24, 2.45) is 0 Å². The van der Waals surface area contributed by atoms with Crippen molar-refractivity contribution in [3.05, 3.63) is 160 Å². The maximum absolute atomic E-state index is 13.8. The number of nitrogens with zero attached hydrogens (tertiary/aromatic N) is 1. The van der Waals surface area contributed by atoms with Gasteiger partial charge in [-0.05, 0) is 45.5 Å². The van der Waals surface area contributed by atoms with Crippen LogP contribution in [0.15, 0.2) is 115 Å². The number of fused-ring (bicyclic) bond motifs is 10. The summed E-state index contributed by atoms with van der Waals surface area (Å²) >= 11 is 0. The minimum Gasteiger partial charge on any atom is -0.309 e. The van der Waals surface area contributed by atoms with Crippen LogP contribution in [-0.4, -0.2) is 5.78 Å². The van der Waals surface area contributed by atoms with Crippen LogP contribution in [0.2, 0.25) is 0 Å². The molecule has 37 heavy (non-hydrogen) atoms. The maximum atomic E-state index is 13.8. The number of para-hydroxylation sites is 3. The lowest BCUT2D eigenvalue weighted by atomic mass is 9.56. The normalized spacial score (nSPS) is 16.8. The van der Waals surface area contributed by atoms with E-state index in [0.717, 1.165) is 22.3 Å². The van der Waals surface area contributed by atoms with Gasteiger partial charge in [0.1, 0.15) is 0 Å². The molecule has 2 aliphatic heterocycles. The largest absolute Gasteiger partial charge is 0.309 e. The highest BCUT2D eigenvalue weighted by atomic mass is 16.1. The van der Waals surface area contributed by atoms with Crippen molar-refractivity contribution in [3.63, 3.8) is 0 Å². The molecule has 0 bridgehead atoms. The number of benzene rings is 5. The molecule has 0 saturated heterocycles. The van der Waals surface area contributed by atoms with Gasteiger partial charge in [0.05, 0.1) is 22.5 Å². The summed E-state index contributed by atoms with van der Waals surface area (Å²) in [6.07, 6.45) is 0. The number of ketones is 1. The fourth-order valence-corrected chi connectivity index (χ4v) is 7.32. The van der Waals surface area contributed by atoms with Gasteiger partial charge in [-0.25, -0.2) is 0 Å². The van der Waals surface area contributed by atoms with Crippen LogP contribution in [0.5, 0.6) is 0 Å². The minimum atomic E-state index is -0.595. The van der Waals surface area contributed by atoms with Crippen LogP contribution in [0, 0.1) is 0 Å². The van der Waals surface area contributed by atoms with Gasteiger partial charge in [-0.1, -0.05) is 117 Å². The highest BCUT2D eigenvalue weighted by Crippen LogP contribution is 2.64. The van der Waals surface area contributed by atoms with E-state index in [1.807, 2.05) is 24.3 Å². The molecule has 0 fully saturated rings. The van der Waals surface area contributed by atoms with E-state index < -0.39 is 5.41 Å². The lowest BCUT2D eigenvalue weighted by Gasteiger charge is -2.52. The van der Waals surface area contributed by atoms with Crippen molar-refractivity contribution in [2.75, 3.05) is 4.90 Å². The van der Waals surface area contributed by atoms with E-state index in [1.165, 1.54) is 39.3 Å². The Bertz CT molecular complexity index is 1740. The van der Waals surface area contributed by atoms with Gasteiger partial charge >= 0.3 is 0 Å². The predicted molar refractivity (Wildman–Crippen MR) is 149 cm³/mol. The minimum absolute atomic E-state index is 0.104. The Balaban J connectivity index is 1.62. The summed E-state index contributed by atoms with van der Waals surface area (Å²) in [4.78, 5) is 16.3. The first kappa shape index (κ1) is 20.7. The van der Waals surface area contributed by atoms with E-state index in [0.29, 0.717) is 0 Å². The Morgan fingerprint density at radius 2 is 0.946 bits per heavy atom. The summed E-state index contributed by atoms with van der Waals surface area (Å²) in [7, 11) is 0. The lowest BCUT2D eigenvalue weighted by molar-refractivity contribution is 0.103. The number of carbonyl (C=O) groups is 1. The van der Waals surface area contributed by atoms with E-state index >= 15 is 0 Å². The molecule has 2 nitrogen and oxygen atoms in total. The number of carbonyl (C=O) groups excluding carboxylic acids is 1. The molecule has 0 amide bonds. The van der Waals surface area contributed by atoms with Gasteiger partial charge in [-0.15, -0.1) is 0 Å². The molecule has 176 valence electrons. The Morgan fingerprint density at radius 1 is 0.486 bits per heavy atom. The molecule has 0 aromatic heterocycles. The number of rotatable bonds is 0. The second kappa shape index (κ2) is 6.86. The van der Waals surface area contributed by atoms with Crippen LogP contribution < -0.4 is 4.90 Å². The van der Waals surface area contributed by atoms with Crippen molar-refractivity contribution < 1.29 is 4.79 Å². The highest BCUT2D eigenvalue weighted by Gasteiger charge is 2.54. The second-order valence-corrected chi connectivity index (χ2v) is 10.9. The van der Waals surface area contributed by atoms with Crippen LogP contribution in [0.1, 0.15) is 63.1 Å². The van der Waals surface area contributed by atoms with Gasteiger partial charge in [-0.2, -0.15) is 0 Å². The monoisotopic (exact) mass is 475 g/mol. The van der Waals surface area contributed by atoms with E-state index in [-0.39, 0.29) is 11.2 Å². The Labute approximate surface area is 216 Å². The average Bonchev–Trinajstić information content (AvgIpc) is 2.95. The maximum Gasteiger partial charge on any atom is 0.193 e. The van der Waals surface area contributed by atoms with Crippen molar-refractivity contribution in [1.82, 2.24) is 0 Å². The van der Waals surface area contributed by atoms with Gasteiger partial charge in [0.15, 0.2) is 5.78 Å². The third-order valence-electron chi connectivity index (χ3n) is 8.86. The Kier molecular flexibility index (Phi) is 3.84. The molecule has 1 spiro atoms. The first-order valence-electron chi connectivity index (χ1n) is 12.9. The van der Waals surface area contributed by atoms with Crippen molar-refractivity contribution in [1.29, 1.82) is 0 Å². The van der Waals surface area contributed by atoms with Gasteiger partial charge in [0.2, 0.25) is 0 Å². The van der Waals surface area contributed by atoms with Crippen LogP contribution >= 0.6 is 0 Å². The van der Waals surface area contributed by atoms with Crippen molar-refractivity contribution in [3.8, 4) is 0 Å². The lowest BCUT2D eigenvalue weighted by Crippen LogP contribution is -2.44. The predicted octanol–water partition coefficient (Wildman–Crippen LogP) is 8.04. The summed E-state index contributed by atoms with van der Waals surface area (Å²) in [5.74, 6) is 0.104. The summed E-state index contributed by atoms with van der Waals surface area (Å²) in [6.45, 7) is 4.66. The average molecular weight is 476 g/mol. The van der Waals surface area contributed by atoms with Crippen molar-refractivity contribution >= 4 is 22.8 Å². The van der Waals surface area contributed by atoms with Gasteiger partial charge in [0, 0.05) is 16.5 Å². The van der Waals surface area contributed by atoms with E-state index in [2.05, 4.69) is 110 Å². The number of anilines is 3. The quantitative estimate of drug-likeness (QED) is 0.221. The molecule has 0 unspecified atom stereocenters. The first-order valence-corrected chi connectivity index (χ1v) is 12.9. The van der Waals surface area contributed by atoms with Crippen LogP contribution in [0.25, 0.3) is 0 Å². The third kappa shape index (κ3) is 2.30. The molecular weight excluding hydrogens is 450 g/mol.